The van der Waals surface area contributed by atoms with Gasteiger partial charge in [-0.25, -0.2) is 4.98 Å². The maximum Gasteiger partial charge on any atom is 0.110 e. The molecule has 1 N–H and O–H groups in total. The van der Waals surface area contributed by atoms with Crippen LogP contribution in [0.3, 0.4) is 0 Å². The number of ether oxygens (including phenoxy) is 1. The summed E-state index contributed by atoms with van der Waals surface area (Å²) in [5.74, 6) is 0.586. The number of nitrogens with zero attached hydrogens (tertiary/aromatic N) is 1. The van der Waals surface area contributed by atoms with E-state index in [4.69, 9.17) is 9.72 Å². The van der Waals surface area contributed by atoms with Crippen molar-refractivity contribution >= 4 is 11.3 Å². The van der Waals surface area contributed by atoms with Gasteiger partial charge in [0.15, 0.2) is 0 Å². The van der Waals surface area contributed by atoms with Crippen molar-refractivity contribution in [2.45, 2.75) is 58.0 Å². The predicted molar refractivity (Wildman–Crippen MR) is 78.7 cm³/mol. The molecule has 2 heterocycles. The molecule has 1 saturated heterocycles. The highest BCUT2D eigenvalue weighted by molar-refractivity contribution is 7.11. The molecule has 106 valence electrons. The summed E-state index contributed by atoms with van der Waals surface area (Å²) in [6.45, 7) is 6.25. The van der Waals surface area contributed by atoms with Crippen molar-refractivity contribution in [1.29, 1.82) is 0 Å². The average molecular weight is 280 g/mol. The first-order valence-electron chi connectivity index (χ1n) is 7.56. The number of aryl methyl sites for hydroxylation is 2. The van der Waals surface area contributed by atoms with Crippen LogP contribution in [-0.2, 0) is 17.6 Å². The molecular weight excluding hydrogens is 256 g/mol. The highest BCUT2D eigenvalue weighted by Gasteiger charge is 2.30. The molecule has 2 atom stereocenters. The van der Waals surface area contributed by atoms with E-state index in [2.05, 4.69) is 19.2 Å². The number of nitrogens with one attached hydrogen (secondary N) is 1. The Bertz CT molecular complexity index is 402. The third kappa shape index (κ3) is 3.01. The number of aromatic nitrogens is 1. The third-order valence-electron chi connectivity index (χ3n) is 4.06. The van der Waals surface area contributed by atoms with E-state index in [0.717, 1.165) is 13.2 Å². The normalized spacial score (nSPS) is 24.7. The zero-order valence-electron chi connectivity index (χ0n) is 11.9. The van der Waals surface area contributed by atoms with Crippen LogP contribution in [0, 0.1) is 5.92 Å². The van der Waals surface area contributed by atoms with Crippen molar-refractivity contribution in [3.63, 3.8) is 0 Å². The molecule has 0 aromatic carbocycles. The van der Waals surface area contributed by atoms with Gasteiger partial charge in [0.25, 0.3) is 0 Å². The Morgan fingerprint density at radius 1 is 1.32 bits per heavy atom. The van der Waals surface area contributed by atoms with Crippen molar-refractivity contribution < 1.29 is 4.74 Å². The first kappa shape index (κ1) is 13.5. The quantitative estimate of drug-likeness (QED) is 0.920. The van der Waals surface area contributed by atoms with Gasteiger partial charge in [-0.15, -0.1) is 11.3 Å². The molecule has 0 bridgehead atoms. The molecular formula is C15H24N2OS. The second kappa shape index (κ2) is 5.90. The molecule has 2 unspecified atom stereocenters. The molecule has 2 aliphatic rings. The van der Waals surface area contributed by atoms with E-state index in [0.29, 0.717) is 18.0 Å². The molecule has 3 nitrogen and oxygen atoms in total. The van der Waals surface area contributed by atoms with Crippen molar-refractivity contribution in [3.05, 3.63) is 15.6 Å². The van der Waals surface area contributed by atoms with Gasteiger partial charge in [-0.1, -0.05) is 13.8 Å². The molecule has 4 heteroatoms. The van der Waals surface area contributed by atoms with Gasteiger partial charge in [0.05, 0.1) is 18.3 Å². The third-order valence-corrected chi connectivity index (χ3v) is 5.30. The Labute approximate surface area is 119 Å². The molecule has 1 aromatic heterocycles. The van der Waals surface area contributed by atoms with Crippen molar-refractivity contribution in [1.82, 2.24) is 10.3 Å². The molecule has 19 heavy (non-hydrogen) atoms. The minimum absolute atomic E-state index is 0.385. The van der Waals surface area contributed by atoms with E-state index < -0.39 is 0 Å². The van der Waals surface area contributed by atoms with Crippen LogP contribution in [0.5, 0.6) is 0 Å². The van der Waals surface area contributed by atoms with Crippen LogP contribution < -0.4 is 5.32 Å². The minimum Gasteiger partial charge on any atom is -0.381 e. The van der Waals surface area contributed by atoms with E-state index in [-0.39, 0.29) is 0 Å². The maximum absolute atomic E-state index is 5.68. The second-order valence-electron chi connectivity index (χ2n) is 6.05. The average Bonchev–Trinajstić information content (AvgIpc) is 2.97. The monoisotopic (exact) mass is 280 g/mol. The molecule has 0 spiro atoms. The lowest BCUT2D eigenvalue weighted by Gasteiger charge is -2.31. The van der Waals surface area contributed by atoms with E-state index >= 15 is 0 Å². The molecule has 0 amide bonds. The van der Waals surface area contributed by atoms with E-state index in [1.165, 1.54) is 47.7 Å². The molecule has 0 saturated carbocycles. The van der Waals surface area contributed by atoms with Crippen LogP contribution >= 0.6 is 11.3 Å². The fourth-order valence-corrected chi connectivity index (χ4v) is 4.45. The number of hydrogen-bond acceptors (Lipinski definition) is 4. The van der Waals surface area contributed by atoms with Gasteiger partial charge in [0.2, 0.25) is 0 Å². The summed E-state index contributed by atoms with van der Waals surface area (Å²) in [5.41, 5.74) is 1.37. The van der Waals surface area contributed by atoms with Gasteiger partial charge in [-0.2, -0.15) is 0 Å². The first-order valence-corrected chi connectivity index (χ1v) is 8.38. The summed E-state index contributed by atoms with van der Waals surface area (Å²) >= 11 is 1.94. The molecule has 0 radical (unpaired) electrons. The Morgan fingerprint density at radius 2 is 2.21 bits per heavy atom. The number of rotatable bonds is 4. The summed E-state index contributed by atoms with van der Waals surface area (Å²) < 4.78 is 5.68. The molecule has 1 aromatic rings. The summed E-state index contributed by atoms with van der Waals surface area (Å²) in [6.07, 6.45) is 6.16. The number of thiazole rings is 1. The Kier molecular flexibility index (Phi) is 4.20. The molecule has 1 fully saturated rings. The van der Waals surface area contributed by atoms with Gasteiger partial charge in [-0.3, -0.25) is 0 Å². The minimum atomic E-state index is 0.385. The maximum atomic E-state index is 5.68. The first-order chi connectivity index (χ1) is 9.24. The summed E-state index contributed by atoms with van der Waals surface area (Å²) in [4.78, 5) is 6.45. The summed E-state index contributed by atoms with van der Waals surface area (Å²) in [6, 6.07) is 0.876. The van der Waals surface area contributed by atoms with Crippen LogP contribution in [0.4, 0.5) is 0 Å². The van der Waals surface area contributed by atoms with Gasteiger partial charge in [-0.05, 0) is 32.1 Å². The van der Waals surface area contributed by atoms with E-state index in [9.17, 15) is 0 Å². The van der Waals surface area contributed by atoms with Crippen LogP contribution in [-0.4, -0.2) is 24.2 Å². The van der Waals surface area contributed by atoms with Gasteiger partial charge in [0.1, 0.15) is 5.01 Å². The second-order valence-corrected chi connectivity index (χ2v) is 7.17. The topological polar surface area (TPSA) is 34.2 Å². The van der Waals surface area contributed by atoms with Crippen molar-refractivity contribution in [2.75, 3.05) is 13.2 Å². The Hall–Kier alpha value is -0.450. The smallest absolute Gasteiger partial charge is 0.110 e. The van der Waals surface area contributed by atoms with Crippen LogP contribution in [0.2, 0.25) is 0 Å². The number of fused-ring (bicyclic) bond motifs is 1. The lowest BCUT2D eigenvalue weighted by molar-refractivity contribution is 0.0376. The Balaban J connectivity index is 1.80. The zero-order chi connectivity index (χ0) is 13.2. The SMILES string of the molecule is CC(C)NC(c1nc2c(s1)CCC2)C1CCCOC1. The van der Waals surface area contributed by atoms with Crippen LogP contribution in [0.1, 0.15) is 54.7 Å². The lowest BCUT2D eigenvalue weighted by atomic mass is 9.93. The van der Waals surface area contributed by atoms with Crippen molar-refractivity contribution in [2.24, 2.45) is 5.92 Å². The van der Waals surface area contributed by atoms with E-state index in [1.807, 2.05) is 11.3 Å². The zero-order valence-corrected chi connectivity index (χ0v) is 12.8. The fourth-order valence-electron chi connectivity index (χ4n) is 3.14. The summed E-state index contributed by atoms with van der Waals surface area (Å²) in [5, 5.41) is 5.02. The predicted octanol–water partition coefficient (Wildman–Crippen LogP) is 3.10. The lowest BCUT2D eigenvalue weighted by Crippen LogP contribution is -2.37. The van der Waals surface area contributed by atoms with Crippen molar-refractivity contribution in [3.8, 4) is 0 Å². The highest BCUT2D eigenvalue weighted by atomic mass is 32.1. The number of hydrogen-bond donors (Lipinski definition) is 1. The van der Waals surface area contributed by atoms with E-state index in [1.54, 1.807) is 0 Å². The largest absolute Gasteiger partial charge is 0.381 e. The Morgan fingerprint density at radius 3 is 2.89 bits per heavy atom. The van der Waals surface area contributed by atoms with Crippen LogP contribution in [0.25, 0.3) is 0 Å². The van der Waals surface area contributed by atoms with Gasteiger partial charge in [0, 0.05) is 23.4 Å². The molecule has 3 rings (SSSR count). The fraction of sp³-hybridized carbons (Fsp3) is 0.800. The summed E-state index contributed by atoms with van der Waals surface area (Å²) in [7, 11) is 0. The standard InChI is InChI=1S/C15H24N2OS/c1-10(2)16-14(11-5-4-8-18-9-11)15-17-12-6-3-7-13(12)19-15/h10-11,14,16H,3-9H2,1-2H3. The highest BCUT2D eigenvalue weighted by Crippen LogP contribution is 2.36. The molecule has 1 aliphatic carbocycles. The van der Waals surface area contributed by atoms with Crippen LogP contribution in [0.15, 0.2) is 0 Å². The van der Waals surface area contributed by atoms with Gasteiger partial charge < -0.3 is 10.1 Å². The molecule has 1 aliphatic heterocycles. The van der Waals surface area contributed by atoms with Gasteiger partial charge >= 0.3 is 0 Å².